The van der Waals surface area contributed by atoms with E-state index in [1.807, 2.05) is 54.1 Å². The number of amides is 1. The fourth-order valence-corrected chi connectivity index (χ4v) is 2.59. The number of aryl methyl sites for hydroxylation is 1. The lowest BCUT2D eigenvalue weighted by atomic mass is 10.2. The van der Waals surface area contributed by atoms with E-state index in [2.05, 4.69) is 26.2 Å². The van der Waals surface area contributed by atoms with Gasteiger partial charge in [0.25, 0.3) is 0 Å². The molecule has 3 aromatic rings. The van der Waals surface area contributed by atoms with Gasteiger partial charge >= 0.3 is 0 Å². The first kappa shape index (κ1) is 13.8. The number of nitrogens with zero attached hydrogens (tertiary/aromatic N) is 2. The quantitative estimate of drug-likeness (QED) is 0.787. The van der Waals surface area contributed by atoms with Gasteiger partial charge in [-0.15, -0.1) is 0 Å². The molecule has 0 bridgehead atoms. The third-order valence-corrected chi connectivity index (χ3v) is 3.70. The van der Waals surface area contributed by atoms with Crippen molar-refractivity contribution in [2.24, 2.45) is 0 Å². The van der Waals surface area contributed by atoms with Crippen molar-refractivity contribution in [3.8, 4) is 0 Å². The molecule has 0 atom stereocenters. The van der Waals surface area contributed by atoms with Crippen molar-refractivity contribution in [2.45, 2.75) is 13.5 Å². The van der Waals surface area contributed by atoms with Crippen LogP contribution in [0.5, 0.6) is 0 Å². The SMILES string of the molecule is Cc1cccc(NC(=O)Cn2ccc3ccc(Br)cc32)n1. The Bertz CT molecular complexity index is 810. The van der Waals surface area contributed by atoms with Gasteiger partial charge in [0.1, 0.15) is 12.4 Å². The number of fused-ring (bicyclic) bond motifs is 1. The summed E-state index contributed by atoms with van der Waals surface area (Å²) in [5.74, 6) is 0.489. The van der Waals surface area contributed by atoms with Gasteiger partial charge in [0, 0.05) is 21.9 Å². The van der Waals surface area contributed by atoms with E-state index in [-0.39, 0.29) is 12.5 Å². The highest BCUT2D eigenvalue weighted by Gasteiger charge is 2.07. The maximum atomic E-state index is 12.1. The van der Waals surface area contributed by atoms with Gasteiger partial charge in [0.15, 0.2) is 0 Å². The Morgan fingerprint density at radius 1 is 1.29 bits per heavy atom. The second kappa shape index (κ2) is 5.69. The van der Waals surface area contributed by atoms with Crippen molar-refractivity contribution < 1.29 is 4.79 Å². The lowest BCUT2D eigenvalue weighted by Crippen LogP contribution is -2.19. The molecule has 0 aliphatic rings. The van der Waals surface area contributed by atoms with Gasteiger partial charge in [-0.1, -0.05) is 28.1 Å². The minimum Gasteiger partial charge on any atom is -0.338 e. The maximum absolute atomic E-state index is 12.1. The van der Waals surface area contributed by atoms with Crippen LogP contribution in [-0.2, 0) is 11.3 Å². The lowest BCUT2D eigenvalue weighted by molar-refractivity contribution is -0.116. The molecule has 1 amide bonds. The Morgan fingerprint density at radius 2 is 2.14 bits per heavy atom. The Hall–Kier alpha value is -2.14. The Balaban J connectivity index is 1.79. The van der Waals surface area contributed by atoms with Gasteiger partial charge in [0.05, 0.1) is 0 Å². The van der Waals surface area contributed by atoms with Crippen molar-refractivity contribution in [3.05, 3.63) is 58.8 Å². The van der Waals surface area contributed by atoms with E-state index in [1.54, 1.807) is 6.07 Å². The van der Waals surface area contributed by atoms with E-state index in [4.69, 9.17) is 0 Å². The predicted molar refractivity (Wildman–Crippen MR) is 87.2 cm³/mol. The first-order valence-electron chi connectivity index (χ1n) is 6.60. The van der Waals surface area contributed by atoms with E-state index in [0.29, 0.717) is 5.82 Å². The number of halogens is 1. The van der Waals surface area contributed by atoms with Crippen LogP contribution in [0.15, 0.2) is 53.1 Å². The molecule has 0 saturated carbocycles. The van der Waals surface area contributed by atoms with E-state index in [0.717, 1.165) is 21.1 Å². The minimum atomic E-state index is -0.0921. The molecule has 0 spiro atoms. The van der Waals surface area contributed by atoms with Gasteiger partial charge in [0.2, 0.25) is 5.91 Å². The summed E-state index contributed by atoms with van der Waals surface area (Å²) >= 11 is 3.46. The van der Waals surface area contributed by atoms with E-state index >= 15 is 0 Å². The molecule has 1 aromatic carbocycles. The van der Waals surface area contributed by atoms with Crippen LogP contribution in [0.3, 0.4) is 0 Å². The molecule has 0 radical (unpaired) electrons. The monoisotopic (exact) mass is 343 g/mol. The number of anilines is 1. The minimum absolute atomic E-state index is 0.0921. The van der Waals surface area contributed by atoms with Crippen LogP contribution in [0.2, 0.25) is 0 Å². The number of carbonyl (C=O) groups is 1. The molecule has 21 heavy (non-hydrogen) atoms. The van der Waals surface area contributed by atoms with Crippen LogP contribution in [0.1, 0.15) is 5.69 Å². The number of hydrogen-bond donors (Lipinski definition) is 1. The summed E-state index contributed by atoms with van der Waals surface area (Å²) in [6, 6.07) is 13.6. The van der Waals surface area contributed by atoms with Crippen LogP contribution >= 0.6 is 15.9 Å². The first-order valence-corrected chi connectivity index (χ1v) is 7.39. The second-order valence-electron chi connectivity index (χ2n) is 4.86. The Labute approximate surface area is 130 Å². The normalized spacial score (nSPS) is 10.8. The third kappa shape index (κ3) is 3.13. The van der Waals surface area contributed by atoms with Gasteiger partial charge < -0.3 is 9.88 Å². The highest BCUT2D eigenvalue weighted by atomic mass is 79.9. The summed E-state index contributed by atoms with van der Waals surface area (Å²) in [4.78, 5) is 16.4. The van der Waals surface area contributed by atoms with Crippen molar-refractivity contribution in [1.82, 2.24) is 9.55 Å². The first-order chi connectivity index (χ1) is 10.1. The van der Waals surface area contributed by atoms with Crippen LogP contribution in [-0.4, -0.2) is 15.5 Å². The molecule has 1 N–H and O–H groups in total. The van der Waals surface area contributed by atoms with Gasteiger partial charge in [-0.05, 0) is 42.6 Å². The molecule has 0 aliphatic heterocycles. The zero-order valence-corrected chi connectivity index (χ0v) is 13.1. The molecule has 0 saturated heterocycles. The molecular weight excluding hydrogens is 330 g/mol. The molecule has 0 fully saturated rings. The Kier molecular flexibility index (Phi) is 3.75. The smallest absolute Gasteiger partial charge is 0.245 e. The topological polar surface area (TPSA) is 46.9 Å². The van der Waals surface area contributed by atoms with Crippen molar-refractivity contribution in [1.29, 1.82) is 0 Å². The summed E-state index contributed by atoms with van der Waals surface area (Å²) in [6.07, 6.45) is 1.92. The lowest BCUT2D eigenvalue weighted by Gasteiger charge is -2.07. The molecule has 2 aromatic heterocycles. The molecule has 3 rings (SSSR count). The predicted octanol–water partition coefficient (Wildman–Crippen LogP) is 3.75. The summed E-state index contributed by atoms with van der Waals surface area (Å²) in [7, 11) is 0. The number of nitrogens with one attached hydrogen (secondary N) is 1. The van der Waals surface area contributed by atoms with Crippen LogP contribution in [0.4, 0.5) is 5.82 Å². The molecule has 2 heterocycles. The zero-order chi connectivity index (χ0) is 14.8. The van der Waals surface area contributed by atoms with Crippen LogP contribution < -0.4 is 5.32 Å². The van der Waals surface area contributed by atoms with Crippen molar-refractivity contribution in [2.75, 3.05) is 5.32 Å². The standard InChI is InChI=1S/C16H14BrN3O/c1-11-3-2-4-15(18-11)19-16(21)10-20-8-7-12-5-6-13(17)9-14(12)20/h2-9H,10H2,1H3,(H,18,19,21). The molecule has 4 nitrogen and oxygen atoms in total. The molecule has 5 heteroatoms. The van der Waals surface area contributed by atoms with E-state index in [1.165, 1.54) is 0 Å². The summed E-state index contributed by atoms with van der Waals surface area (Å²) < 4.78 is 2.92. The number of rotatable bonds is 3. The summed E-state index contributed by atoms with van der Waals surface area (Å²) in [5.41, 5.74) is 1.90. The summed E-state index contributed by atoms with van der Waals surface area (Å²) in [5, 5.41) is 3.93. The van der Waals surface area contributed by atoms with E-state index < -0.39 is 0 Å². The van der Waals surface area contributed by atoms with Gasteiger partial charge in [-0.25, -0.2) is 4.98 Å². The highest BCUT2D eigenvalue weighted by molar-refractivity contribution is 9.10. The van der Waals surface area contributed by atoms with Gasteiger partial charge in [-0.3, -0.25) is 4.79 Å². The second-order valence-corrected chi connectivity index (χ2v) is 5.77. The number of carbonyl (C=O) groups excluding carboxylic acids is 1. The largest absolute Gasteiger partial charge is 0.338 e. The molecular formula is C16H14BrN3O. The fraction of sp³-hybridized carbons (Fsp3) is 0.125. The molecule has 0 aliphatic carbocycles. The number of aromatic nitrogens is 2. The zero-order valence-electron chi connectivity index (χ0n) is 11.5. The molecule has 106 valence electrons. The maximum Gasteiger partial charge on any atom is 0.245 e. The molecule has 0 unspecified atom stereocenters. The fourth-order valence-electron chi connectivity index (χ4n) is 2.24. The van der Waals surface area contributed by atoms with Crippen LogP contribution in [0, 0.1) is 6.92 Å². The number of pyridine rings is 1. The highest BCUT2D eigenvalue weighted by Crippen LogP contribution is 2.21. The van der Waals surface area contributed by atoms with Crippen molar-refractivity contribution >= 4 is 38.6 Å². The third-order valence-electron chi connectivity index (χ3n) is 3.21. The number of benzene rings is 1. The average Bonchev–Trinajstić information content (AvgIpc) is 2.81. The van der Waals surface area contributed by atoms with E-state index in [9.17, 15) is 4.79 Å². The van der Waals surface area contributed by atoms with Gasteiger partial charge in [-0.2, -0.15) is 0 Å². The van der Waals surface area contributed by atoms with Crippen molar-refractivity contribution in [3.63, 3.8) is 0 Å². The number of hydrogen-bond acceptors (Lipinski definition) is 2. The summed E-state index contributed by atoms with van der Waals surface area (Å²) in [6.45, 7) is 2.15. The van der Waals surface area contributed by atoms with Crippen LogP contribution in [0.25, 0.3) is 10.9 Å². The Morgan fingerprint density at radius 3 is 2.95 bits per heavy atom. The average molecular weight is 344 g/mol.